The zero-order valence-corrected chi connectivity index (χ0v) is 12.5. The van der Waals surface area contributed by atoms with Gasteiger partial charge < -0.3 is 5.73 Å². The minimum Gasteiger partial charge on any atom is -0.399 e. The fourth-order valence-electron chi connectivity index (χ4n) is 2.73. The molecule has 1 saturated carbocycles. The molecule has 19 heavy (non-hydrogen) atoms. The predicted molar refractivity (Wildman–Crippen MR) is 77.5 cm³/mol. The molecule has 1 fully saturated rings. The first-order valence-corrected chi connectivity index (χ1v) is 8.17. The second-order valence-electron chi connectivity index (χ2n) is 5.70. The lowest BCUT2D eigenvalue weighted by Crippen LogP contribution is -2.33. The van der Waals surface area contributed by atoms with E-state index in [0.29, 0.717) is 16.5 Å². The Morgan fingerprint density at radius 3 is 2.53 bits per heavy atom. The Balaban J connectivity index is 2.29. The van der Waals surface area contributed by atoms with Crippen molar-refractivity contribution >= 4 is 15.7 Å². The highest BCUT2D eigenvalue weighted by Gasteiger charge is 2.27. The Hall–Kier alpha value is -1.07. The molecule has 0 aromatic heterocycles. The first-order chi connectivity index (χ1) is 8.79. The second kappa shape index (κ2) is 5.13. The van der Waals surface area contributed by atoms with Gasteiger partial charge >= 0.3 is 0 Å². The minimum atomic E-state index is -3.47. The molecule has 1 aromatic carbocycles. The standard InChI is InChI=1S/C14H22N2O2S/c1-9-4-5-13(6-9)16-19(17,18)14-8-12(15)7-10(2)11(14)3/h7-9,13,16H,4-6,15H2,1-3H3. The van der Waals surface area contributed by atoms with E-state index < -0.39 is 10.0 Å². The molecular weight excluding hydrogens is 260 g/mol. The molecule has 0 aliphatic heterocycles. The molecule has 0 radical (unpaired) electrons. The summed E-state index contributed by atoms with van der Waals surface area (Å²) in [7, 11) is -3.47. The summed E-state index contributed by atoms with van der Waals surface area (Å²) in [5, 5.41) is 0. The predicted octanol–water partition coefficient (Wildman–Crippen LogP) is 2.35. The minimum absolute atomic E-state index is 0.0566. The number of hydrogen-bond donors (Lipinski definition) is 2. The van der Waals surface area contributed by atoms with Gasteiger partial charge in [0, 0.05) is 11.7 Å². The van der Waals surface area contributed by atoms with E-state index in [9.17, 15) is 8.42 Å². The molecule has 0 saturated heterocycles. The summed E-state index contributed by atoms with van der Waals surface area (Å²) >= 11 is 0. The molecule has 2 unspecified atom stereocenters. The first kappa shape index (κ1) is 14.3. The third kappa shape index (κ3) is 3.09. The molecule has 4 nitrogen and oxygen atoms in total. The quantitative estimate of drug-likeness (QED) is 0.836. The smallest absolute Gasteiger partial charge is 0.241 e. The van der Waals surface area contributed by atoms with Crippen LogP contribution in [0.15, 0.2) is 17.0 Å². The third-order valence-electron chi connectivity index (χ3n) is 3.95. The van der Waals surface area contributed by atoms with E-state index in [1.165, 1.54) is 0 Å². The number of benzene rings is 1. The van der Waals surface area contributed by atoms with Crippen molar-refractivity contribution in [1.29, 1.82) is 0 Å². The molecule has 0 bridgehead atoms. The van der Waals surface area contributed by atoms with Gasteiger partial charge in [-0.3, -0.25) is 0 Å². The van der Waals surface area contributed by atoms with Gasteiger partial charge in [0.25, 0.3) is 0 Å². The molecule has 1 aromatic rings. The summed E-state index contributed by atoms with van der Waals surface area (Å²) in [6.45, 7) is 5.85. The lowest BCUT2D eigenvalue weighted by atomic mass is 10.1. The van der Waals surface area contributed by atoms with E-state index in [0.717, 1.165) is 30.4 Å². The van der Waals surface area contributed by atoms with Crippen LogP contribution < -0.4 is 10.5 Å². The number of nitrogens with one attached hydrogen (secondary N) is 1. The SMILES string of the molecule is Cc1cc(N)cc(S(=O)(=O)NC2CCC(C)C2)c1C. The number of anilines is 1. The molecule has 106 valence electrons. The summed E-state index contributed by atoms with van der Waals surface area (Å²) in [6, 6.07) is 3.40. The number of aryl methyl sites for hydroxylation is 1. The van der Waals surface area contributed by atoms with Crippen LogP contribution in [0.5, 0.6) is 0 Å². The Bertz CT molecular complexity index is 581. The zero-order chi connectivity index (χ0) is 14.2. The molecular formula is C14H22N2O2S. The van der Waals surface area contributed by atoms with Crippen LogP contribution in [-0.2, 0) is 10.0 Å². The van der Waals surface area contributed by atoms with Crippen molar-refractivity contribution in [3.8, 4) is 0 Å². The molecule has 0 heterocycles. The lowest BCUT2D eigenvalue weighted by Gasteiger charge is -2.16. The lowest BCUT2D eigenvalue weighted by molar-refractivity contribution is 0.538. The fourth-order valence-corrected chi connectivity index (χ4v) is 4.37. The summed E-state index contributed by atoms with van der Waals surface area (Å²) in [6.07, 6.45) is 2.92. The highest BCUT2D eigenvalue weighted by molar-refractivity contribution is 7.89. The summed E-state index contributed by atoms with van der Waals surface area (Å²) in [5.41, 5.74) is 7.93. The van der Waals surface area contributed by atoms with Crippen LogP contribution in [0.4, 0.5) is 5.69 Å². The average molecular weight is 282 g/mol. The van der Waals surface area contributed by atoms with E-state index in [4.69, 9.17) is 5.73 Å². The van der Waals surface area contributed by atoms with Gasteiger partial charge in [-0.2, -0.15) is 0 Å². The second-order valence-corrected chi connectivity index (χ2v) is 7.38. The number of nitrogens with two attached hydrogens (primary N) is 1. The van der Waals surface area contributed by atoms with Crippen LogP contribution in [-0.4, -0.2) is 14.5 Å². The van der Waals surface area contributed by atoms with Crippen molar-refractivity contribution in [2.24, 2.45) is 5.92 Å². The number of hydrogen-bond acceptors (Lipinski definition) is 3. The van der Waals surface area contributed by atoms with Crippen LogP contribution in [0, 0.1) is 19.8 Å². The van der Waals surface area contributed by atoms with E-state index in [1.807, 2.05) is 13.8 Å². The van der Waals surface area contributed by atoms with Crippen molar-refractivity contribution in [3.05, 3.63) is 23.3 Å². The Morgan fingerprint density at radius 2 is 1.95 bits per heavy atom. The number of rotatable bonds is 3. The molecule has 0 spiro atoms. The molecule has 2 atom stereocenters. The van der Waals surface area contributed by atoms with Gasteiger partial charge in [0.2, 0.25) is 10.0 Å². The van der Waals surface area contributed by atoms with Crippen LogP contribution in [0.3, 0.4) is 0 Å². The molecule has 1 aliphatic rings. The van der Waals surface area contributed by atoms with Gasteiger partial charge in [-0.1, -0.05) is 6.92 Å². The normalized spacial score (nSPS) is 23.7. The third-order valence-corrected chi connectivity index (χ3v) is 5.59. The van der Waals surface area contributed by atoms with E-state index in [2.05, 4.69) is 11.6 Å². The highest BCUT2D eigenvalue weighted by Crippen LogP contribution is 2.28. The molecule has 0 amide bonds. The van der Waals surface area contributed by atoms with Crippen molar-refractivity contribution in [3.63, 3.8) is 0 Å². The monoisotopic (exact) mass is 282 g/mol. The maximum Gasteiger partial charge on any atom is 0.241 e. The Morgan fingerprint density at radius 1 is 1.26 bits per heavy atom. The largest absolute Gasteiger partial charge is 0.399 e. The zero-order valence-electron chi connectivity index (χ0n) is 11.7. The fraction of sp³-hybridized carbons (Fsp3) is 0.571. The average Bonchev–Trinajstić information content (AvgIpc) is 2.68. The van der Waals surface area contributed by atoms with Gasteiger partial charge in [0.1, 0.15) is 0 Å². The van der Waals surface area contributed by atoms with Gasteiger partial charge in [-0.25, -0.2) is 13.1 Å². The van der Waals surface area contributed by atoms with Crippen molar-refractivity contribution in [2.45, 2.75) is 51.0 Å². The Labute approximate surface area is 115 Å². The van der Waals surface area contributed by atoms with Crippen LogP contribution >= 0.6 is 0 Å². The summed E-state index contributed by atoms with van der Waals surface area (Å²) in [5.74, 6) is 0.594. The van der Waals surface area contributed by atoms with Gasteiger partial charge in [0.15, 0.2) is 0 Å². The van der Waals surface area contributed by atoms with Crippen LogP contribution in [0.1, 0.15) is 37.3 Å². The molecule has 5 heteroatoms. The Kier molecular flexibility index (Phi) is 3.87. The van der Waals surface area contributed by atoms with E-state index in [-0.39, 0.29) is 6.04 Å². The highest BCUT2D eigenvalue weighted by atomic mass is 32.2. The van der Waals surface area contributed by atoms with Gasteiger partial charge in [0.05, 0.1) is 4.90 Å². The maximum atomic E-state index is 12.5. The molecule has 1 aliphatic carbocycles. The van der Waals surface area contributed by atoms with Crippen molar-refractivity contribution in [2.75, 3.05) is 5.73 Å². The summed E-state index contributed by atoms with van der Waals surface area (Å²) in [4.78, 5) is 0.310. The van der Waals surface area contributed by atoms with Gasteiger partial charge in [-0.15, -0.1) is 0 Å². The van der Waals surface area contributed by atoms with Crippen molar-refractivity contribution in [1.82, 2.24) is 4.72 Å². The molecule has 2 rings (SSSR count). The van der Waals surface area contributed by atoms with Crippen molar-refractivity contribution < 1.29 is 8.42 Å². The number of sulfonamides is 1. The van der Waals surface area contributed by atoms with E-state index >= 15 is 0 Å². The van der Waals surface area contributed by atoms with E-state index in [1.54, 1.807) is 12.1 Å². The topological polar surface area (TPSA) is 72.2 Å². The van der Waals surface area contributed by atoms with Crippen LogP contribution in [0.2, 0.25) is 0 Å². The first-order valence-electron chi connectivity index (χ1n) is 6.68. The number of nitrogen functional groups attached to an aromatic ring is 1. The van der Waals surface area contributed by atoms with Gasteiger partial charge in [-0.05, 0) is 62.3 Å². The van der Waals surface area contributed by atoms with Crippen LogP contribution in [0.25, 0.3) is 0 Å². The maximum absolute atomic E-state index is 12.5. The molecule has 3 N–H and O–H groups in total. The summed E-state index contributed by atoms with van der Waals surface area (Å²) < 4.78 is 27.7.